The standard InChI is InChI=1S/C13H14FN3O/c1-7(2)10-11(15)16-12(17-13(10)18)8-4-3-5-9(14)6-8/h3-7H,1-2H3,(H3,15,16,17,18). The van der Waals surface area contributed by atoms with Crippen LogP contribution in [0.4, 0.5) is 10.2 Å². The Labute approximate surface area is 104 Å². The molecule has 2 rings (SSSR count). The molecule has 0 amide bonds. The predicted molar refractivity (Wildman–Crippen MR) is 68.8 cm³/mol. The molecule has 0 aliphatic carbocycles. The van der Waals surface area contributed by atoms with E-state index in [1.165, 1.54) is 12.1 Å². The van der Waals surface area contributed by atoms with Gasteiger partial charge in [-0.3, -0.25) is 4.79 Å². The van der Waals surface area contributed by atoms with Gasteiger partial charge in [-0.2, -0.15) is 0 Å². The number of benzene rings is 1. The van der Waals surface area contributed by atoms with Gasteiger partial charge in [-0.15, -0.1) is 0 Å². The largest absolute Gasteiger partial charge is 0.383 e. The van der Waals surface area contributed by atoms with Gasteiger partial charge < -0.3 is 10.7 Å². The maximum Gasteiger partial charge on any atom is 0.256 e. The minimum Gasteiger partial charge on any atom is -0.383 e. The van der Waals surface area contributed by atoms with Gasteiger partial charge in [-0.25, -0.2) is 9.37 Å². The third-order valence-electron chi connectivity index (χ3n) is 2.66. The molecule has 0 atom stereocenters. The van der Waals surface area contributed by atoms with Crippen molar-refractivity contribution in [3.8, 4) is 11.4 Å². The van der Waals surface area contributed by atoms with Gasteiger partial charge in [0.05, 0.1) is 5.56 Å². The number of nitrogens with two attached hydrogens (primary N) is 1. The van der Waals surface area contributed by atoms with Crippen molar-refractivity contribution in [2.75, 3.05) is 5.73 Å². The highest BCUT2D eigenvalue weighted by Crippen LogP contribution is 2.20. The van der Waals surface area contributed by atoms with Crippen LogP contribution in [-0.2, 0) is 0 Å². The van der Waals surface area contributed by atoms with Crippen molar-refractivity contribution >= 4 is 5.82 Å². The van der Waals surface area contributed by atoms with Gasteiger partial charge in [0.25, 0.3) is 5.56 Å². The molecule has 1 heterocycles. The Morgan fingerprint density at radius 2 is 2.11 bits per heavy atom. The molecule has 18 heavy (non-hydrogen) atoms. The van der Waals surface area contributed by atoms with Crippen LogP contribution >= 0.6 is 0 Å². The topological polar surface area (TPSA) is 71.8 Å². The summed E-state index contributed by atoms with van der Waals surface area (Å²) in [5.74, 6) is 0.0684. The molecular formula is C13H14FN3O. The molecule has 0 spiro atoms. The van der Waals surface area contributed by atoms with E-state index in [0.29, 0.717) is 11.1 Å². The summed E-state index contributed by atoms with van der Waals surface area (Å²) in [5, 5.41) is 0. The van der Waals surface area contributed by atoms with Gasteiger partial charge in [-0.05, 0) is 18.1 Å². The molecule has 2 aromatic rings. The van der Waals surface area contributed by atoms with Crippen LogP contribution in [0.25, 0.3) is 11.4 Å². The average molecular weight is 247 g/mol. The SMILES string of the molecule is CC(C)c1c(N)nc(-c2cccc(F)c2)[nH]c1=O. The molecule has 0 saturated carbocycles. The molecule has 0 saturated heterocycles. The van der Waals surface area contributed by atoms with Gasteiger partial charge in [0.2, 0.25) is 0 Å². The number of halogens is 1. The van der Waals surface area contributed by atoms with Crippen LogP contribution in [0.2, 0.25) is 0 Å². The fourth-order valence-electron chi connectivity index (χ4n) is 1.83. The molecule has 1 aromatic carbocycles. The lowest BCUT2D eigenvalue weighted by molar-refractivity contribution is 0.628. The van der Waals surface area contributed by atoms with Crippen LogP contribution in [0.3, 0.4) is 0 Å². The van der Waals surface area contributed by atoms with Gasteiger partial charge >= 0.3 is 0 Å². The summed E-state index contributed by atoms with van der Waals surface area (Å²) in [5.41, 5.74) is 6.44. The van der Waals surface area contributed by atoms with Crippen LogP contribution in [0, 0.1) is 5.82 Å². The Morgan fingerprint density at radius 3 is 2.67 bits per heavy atom. The first-order valence-electron chi connectivity index (χ1n) is 5.64. The first-order valence-corrected chi connectivity index (χ1v) is 5.64. The van der Waals surface area contributed by atoms with E-state index in [2.05, 4.69) is 9.97 Å². The zero-order valence-electron chi connectivity index (χ0n) is 10.2. The van der Waals surface area contributed by atoms with Gasteiger partial charge in [0, 0.05) is 5.56 Å². The van der Waals surface area contributed by atoms with Crippen LogP contribution in [0.15, 0.2) is 29.1 Å². The van der Waals surface area contributed by atoms with E-state index in [1.807, 2.05) is 13.8 Å². The first kappa shape index (κ1) is 12.3. The molecule has 0 aliphatic rings. The highest BCUT2D eigenvalue weighted by atomic mass is 19.1. The number of aromatic amines is 1. The van der Waals surface area contributed by atoms with E-state index >= 15 is 0 Å². The van der Waals surface area contributed by atoms with Crippen LogP contribution in [0.5, 0.6) is 0 Å². The fourth-order valence-corrected chi connectivity index (χ4v) is 1.83. The molecule has 94 valence electrons. The van der Waals surface area contributed by atoms with E-state index in [-0.39, 0.29) is 28.9 Å². The van der Waals surface area contributed by atoms with Crippen molar-refractivity contribution in [3.63, 3.8) is 0 Å². The average Bonchev–Trinajstić information content (AvgIpc) is 2.27. The Morgan fingerprint density at radius 1 is 1.39 bits per heavy atom. The van der Waals surface area contributed by atoms with E-state index in [4.69, 9.17) is 5.73 Å². The molecule has 0 radical (unpaired) electrons. The number of hydrogen-bond donors (Lipinski definition) is 2. The minimum absolute atomic E-state index is 0.0113. The Kier molecular flexibility index (Phi) is 3.14. The monoisotopic (exact) mass is 247 g/mol. The van der Waals surface area contributed by atoms with Crippen LogP contribution in [-0.4, -0.2) is 9.97 Å². The summed E-state index contributed by atoms with van der Waals surface area (Å²) < 4.78 is 13.1. The van der Waals surface area contributed by atoms with Crippen molar-refractivity contribution in [2.24, 2.45) is 0 Å². The molecule has 0 fully saturated rings. The second kappa shape index (κ2) is 4.60. The zero-order valence-corrected chi connectivity index (χ0v) is 10.2. The number of rotatable bonds is 2. The third-order valence-corrected chi connectivity index (χ3v) is 2.66. The normalized spacial score (nSPS) is 10.9. The minimum atomic E-state index is -0.387. The van der Waals surface area contributed by atoms with Gasteiger partial charge in [0.1, 0.15) is 17.5 Å². The van der Waals surface area contributed by atoms with Gasteiger partial charge in [-0.1, -0.05) is 26.0 Å². The summed E-state index contributed by atoms with van der Waals surface area (Å²) in [7, 11) is 0. The molecule has 0 bridgehead atoms. The predicted octanol–water partition coefficient (Wildman–Crippen LogP) is 2.28. The van der Waals surface area contributed by atoms with E-state index < -0.39 is 0 Å². The maximum atomic E-state index is 13.1. The molecule has 0 unspecified atom stereocenters. The Hall–Kier alpha value is -2.17. The summed E-state index contributed by atoms with van der Waals surface area (Å²) in [4.78, 5) is 18.6. The lowest BCUT2D eigenvalue weighted by atomic mass is 10.1. The summed E-state index contributed by atoms with van der Waals surface area (Å²) in [6.45, 7) is 3.73. The van der Waals surface area contributed by atoms with E-state index in [0.717, 1.165) is 0 Å². The van der Waals surface area contributed by atoms with Crippen molar-refractivity contribution in [1.29, 1.82) is 0 Å². The second-order valence-corrected chi connectivity index (χ2v) is 4.38. The molecule has 1 aromatic heterocycles. The quantitative estimate of drug-likeness (QED) is 0.855. The van der Waals surface area contributed by atoms with Crippen molar-refractivity contribution < 1.29 is 4.39 Å². The third kappa shape index (κ3) is 2.25. The molecule has 5 heteroatoms. The number of H-pyrrole nitrogens is 1. The summed E-state index contributed by atoms with van der Waals surface area (Å²) in [6.07, 6.45) is 0. The van der Waals surface area contributed by atoms with Crippen LogP contribution in [0.1, 0.15) is 25.3 Å². The summed E-state index contributed by atoms with van der Waals surface area (Å²) >= 11 is 0. The van der Waals surface area contributed by atoms with Crippen molar-refractivity contribution in [1.82, 2.24) is 9.97 Å². The summed E-state index contributed by atoms with van der Waals surface area (Å²) in [6, 6.07) is 5.84. The van der Waals surface area contributed by atoms with Crippen molar-refractivity contribution in [2.45, 2.75) is 19.8 Å². The van der Waals surface area contributed by atoms with E-state index in [9.17, 15) is 9.18 Å². The highest BCUT2D eigenvalue weighted by Gasteiger charge is 2.13. The lowest BCUT2D eigenvalue weighted by Gasteiger charge is -2.09. The van der Waals surface area contributed by atoms with E-state index in [1.54, 1.807) is 12.1 Å². The van der Waals surface area contributed by atoms with Gasteiger partial charge in [0.15, 0.2) is 0 Å². The smallest absolute Gasteiger partial charge is 0.256 e. The zero-order chi connectivity index (χ0) is 13.3. The number of nitrogens with zero attached hydrogens (tertiary/aromatic N) is 1. The number of nitrogens with one attached hydrogen (secondary N) is 1. The Bertz CT molecular complexity index is 634. The number of anilines is 1. The number of nitrogen functional groups attached to an aromatic ring is 1. The molecular weight excluding hydrogens is 233 g/mol. The fraction of sp³-hybridized carbons (Fsp3) is 0.231. The second-order valence-electron chi connectivity index (χ2n) is 4.38. The first-order chi connectivity index (χ1) is 8.49. The number of aromatic nitrogens is 2. The number of hydrogen-bond acceptors (Lipinski definition) is 3. The highest BCUT2D eigenvalue weighted by molar-refractivity contribution is 5.57. The lowest BCUT2D eigenvalue weighted by Crippen LogP contribution is -2.19. The molecule has 3 N–H and O–H groups in total. The Balaban J connectivity index is 2.59. The van der Waals surface area contributed by atoms with Crippen molar-refractivity contribution in [3.05, 3.63) is 46.0 Å². The molecule has 0 aliphatic heterocycles. The van der Waals surface area contributed by atoms with Crippen LogP contribution < -0.4 is 11.3 Å². The molecule has 4 nitrogen and oxygen atoms in total. The maximum absolute atomic E-state index is 13.1.